The number of nitrogens with zero attached hydrogens (tertiary/aromatic N) is 4. The summed E-state index contributed by atoms with van der Waals surface area (Å²) in [6, 6.07) is 59.5. The van der Waals surface area contributed by atoms with E-state index in [0.717, 1.165) is 49.7 Å². The molecule has 0 radical (unpaired) electrons. The van der Waals surface area contributed by atoms with E-state index in [1.807, 2.05) is 53.8 Å². The van der Waals surface area contributed by atoms with E-state index in [1.165, 1.54) is 47.4 Å². The Morgan fingerprint density at radius 1 is 0.455 bits per heavy atom. The first-order chi connectivity index (χ1) is 27.2. The van der Waals surface area contributed by atoms with Gasteiger partial charge in [0.15, 0.2) is 17.5 Å². The zero-order valence-corrected chi connectivity index (χ0v) is 30.1. The molecule has 6 heteroatoms. The molecule has 12 aromatic rings. The Bertz CT molecular complexity index is 3500. The van der Waals surface area contributed by atoms with Gasteiger partial charge in [-0.05, 0) is 47.2 Å². The van der Waals surface area contributed by atoms with Crippen molar-refractivity contribution in [2.75, 3.05) is 0 Å². The van der Waals surface area contributed by atoms with Crippen molar-refractivity contribution < 1.29 is 4.42 Å². The number of thiophene rings is 1. The standard InChI is InChI=1S/C49H28N4OS/c1-2-12-30(13-3-1)47-50-48(32-22-21-29-11-4-5-14-31(29)27-32)52-49(51-47)39-17-10-19-41-44(39)38-24-23-33(28-42(38)54-41)53-40-18-8-6-15-34(40)36-25-26-37-35-16-7-9-20-43(35)55-46(37)45(36)53/h1-28H. The second-order valence-electron chi connectivity index (χ2n) is 14.0. The normalized spacial score (nSPS) is 12.0. The predicted octanol–water partition coefficient (Wildman–Crippen LogP) is 13.4. The van der Waals surface area contributed by atoms with Crippen molar-refractivity contribution in [1.82, 2.24) is 19.5 Å². The maximum Gasteiger partial charge on any atom is 0.164 e. The molecule has 0 fully saturated rings. The van der Waals surface area contributed by atoms with Crippen molar-refractivity contribution in [2.24, 2.45) is 0 Å². The molecule has 0 N–H and O–H groups in total. The summed E-state index contributed by atoms with van der Waals surface area (Å²) in [7, 11) is 0. The molecule has 4 aromatic heterocycles. The van der Waals surface area contributed by atoms with Crippen LogP contribution in [0.1, 0.15) is 0 Å². The number of fused-ring (bicyclic) bond motifs is 11. The van der Waals surface area contributed by atoms with Crippen LogP contribution in [0.25, 0.3) is 115 Å². The van der Waals surface area contributed by atoms with Crippen LogP contribution in [0.15, 0.2) is 174 Å². The fraction of sp³-hybridized carbons (Fsp3) is 0. The molecule has 256 valence electrons. The summed E-state index contributed by atoms with van der Waals surface area (Å²) in [5.41, 5.74) is 7.79. The average Bonchev–Trinajstić information content (AvgIpc) is 3.93. The summed E-state index contributed by atoms with van der Waals surface area (Å²) in [5.74, 6) is 1.85. The molecule has 0 aliphatic heterocycles. The number of benzene rings is 8. The maximum absolute atomic E-state index is 6.71. The van der Waals surface area contributed by atoms with Crippen molar-refractivity contribution in [3.63, 3.8) is 0 Å². The Hall–Kier alpha value is -7.15. The molecule has 55 heavy (non-hydrogen) atoms. The molecule has 8 aromatic carbocycles. The van der Waals surface area contributed by atoms with Gasteiger partial charge in [0.1, 0.15) is 11.2 Å². The molecule has 0 saturated heterocycles. The molecule has 0 atom stereocenters. The second kappa shape index (κ2) is 11.7. The highest BCUT2D eigenvalue weighted by molar-refractivity contribution is 7.26. The summed E-state index contributed by atoms with van der Waals surface area (Å²) in [6.07, 6.45) is 0. The number of rotatable bonds is 4. The number of aromatic nitrogens is 4. The molecule has 4 heterocycles. The number of furan rings is 1. The zero-order chi connectivity index (χ0) is 36.0. The van der Waals surface area contributed by atoms with Crippen LogP contribution in [0, 0.1) is 0 Å². The second-order valence-corrected chi connectivity index (χ2v) is 15.0. The lowest BCUT2D eigenvalue weighted by atomic mass is 10.0. The van der Waals surface area contributed by atoms with E-state index in [0.29, 0.717) is 17.5 Å². The van der Waals surface area contributed by atoms with Crippen LogP contribution < -0.4 is 0 Å². The summed E-state index contributed by atoms with van der Waals surface area (Å²) < 4.78 is 11.7. The molecule has 0 unspecified atom stereocenters. The van der Waals surface area contributed by atoms with E-state index in [9.17, 15) is 0 Å². The monoisotopic (exact) mass is 720 g/mol. The summed E-state index contributed by atoms with van der Waals surface area (Å²) >= 11 is 1.86. The lowest BCUT2D eigenvalue weighted by Gasteiger charge is -2.10. The maximum atomic E-state index is 6.71. The van der Waals surface area contributed by atoms with E-state index in [4.69, 9.17) is 19.4 Å². The lowest BCUT2D eigenvalue weighted by molar-refractivity contribution is 0.668. The molecule has 0 saturated carbocycles. The summed E-state index contributed by atoms with van der Waals surface area (Å²) in [6.45, 7) is 0. The van der Waals surface area contributed by atoms with Crippen molar-refractivity contribution in [2.45, 2.75) is 0 Å². The molecular weight excluding hydrogens is 693 g/mol. The van der Waals surface area contributed by atoms with E-state index in [1.54, 1.807) is 0 Å². The third kappa shape index (κ3) is 4.62. The van der Waals surface area contributed by atoms with Gasteiger partial charge in [-0.15, -0.1) is 11.3 Å². The van der Waals surface area contributed by atoms with Crippen LogP contribution in [0.2, 0.25) is 0 Å². The Labute approximate surface area is 318 Å². The number of para-hydroxylation sites is 1. The van der Waals surface area contributed by atoms with Crippen LogP contribution in [0.4, 0.5) is 0 Å². The van der Waals surface area contributed by atoms with Crippen molar-refractivity contribution in [1.29, 1.82) is 0 Å². The summed E-state index contributed by atoms with van der Waals surface area (Å²) in [5, 5.41) is 9.35. The van der Waals surface area contributed by atoms with Gasteiger partial charge in [0, 0.05) is 65.5 Å². The van der Waals surface area contributed by atoms with Gasteiger partial charge in [-0.2, -0.15) is 0 Å². The first-order valence-corrected chi connectivity index (χ1v) is 19.2. The molecular formula is C49H28N4OS. The smallest absolute Gasteiger partial charge is 0.164 e. The highest BCUT2D eigenvalue weighted by atomic mass is 32.1. The number of hydrogen-bond donors (Lipinski definition) is 0. The lowest BCUT2D eigenvalue weighted by Crippen LogP contribution is -2.00. The fourth-order valence-corrected chi connectivity index (χ4v) is 9.55. The van der Waals surface area contributed by atoms with Gasteiger partial charge in [0.2, 0.25) is 0 Å². The number of hydrogen-bond acceptors (Lipinski definition) is 5. The van der Waals surface area contributed by atoms with E-state index in [-0.39, 0.29) is 0 Å². The van der Waals surface area contributed by atoms with Crippen LogP contribution in [-0.4, -0.2) is 19.5 Å². The van der Waals surface area contributed by atoms with Gasteiger partial charge in [-0.1, -0.05) is 127 Å². The van der Waals surface area contributed by atoms with Crippen LogP contribution in [-0.2, 0) is 0 Å². The topological polar surface area (TPSA) is 56.7 Å². The summed E-state index contributed by atoms with van der Waals surface area (Å²) in [4.78, 5) is 15.3. The molecule has 5 nitrogen and oxygen atoms in total. The fourth-order valence-electron chi connectivity index (χ4n) is 8.31. The Morgan fingerprint density at radius 3 is 2.09 bits per heavy atom. The minimum Gasteiger partial charge on any atom is -0.456 e. The Balaban J connectivity index is 1.08. The molecule has 12 rings (SSSR count). The van der Waals surface area contributed by atoms with Gasteiger partial charge in [-0.3, -0.25) is 0 Å². The van der Waals surface area contributed by atoms with Gasteiger partial charge >= 0.3 is 0 Å². The highest BCUT2D eigenvalue weighted by Gasteiger charge is 2.21. The van der Waals surface area contributed by atoms with Gasteiger partial charge < -0.3 is 8.98 Å². The molecule has 0 spiro atoms. The minimum atomic E-state index is 0.601. The minimum absolute atomic E-state index is 0.601. The first kappa shape index (κ1) is 30.3. The Kier molecular flexibility index (Phi) is 6.44. The van der Waals surface area contributed by atoms with Crippen LogP contribution in [0.5, 0.6) is 0 Å². The highest BCUT2D eigenvalue weighted by Crippen LogP contribution is 2.44. The third-order valence-corrected chi connectivity index (χ3v) is 12.0. The van der Waals surface area contributed by atoms with E-state index in [2.05, 4.69) is 132 Å². The third-order valence-electron chi connectivity index (χ3n) is 10.8. The van der Waals surface area contributed by atoms with Crippen molar-refractivity contribution in [3.05, 3.63) is 170 Å². The van der Waals surface area contributed by atoms with Crippen molar-refractivity contribution in [3.8, 4) is 39.9 Å². The first-order valence-electron chi connectivity index (χ1n) is 18.4. The molecule has 0 aliphatic rings. The van der Waals surface area contributed by atoms with Gasteiger partial charge in [-0.25, -0.2) is 15.0 Å². The Morgan fingerprint density at radius 2 is 1.18 bits per heavy atom. The molecule has 0 aliphatic carbocycles. The van der Waals surface area contributed by atoms with E-state index >= 15 is 0 Å². The largest absolute Gasteiger partial charge is 0.456 e. The average molecular weight is 721 g/mol. The van der Waals surface area contributed by atoms with E-state index < -0.39 is 0 Å². The molecule has 0 amide bonds. The predicted molar refractivity (Wildman–Crippen MR) is 228 cm³/mol. The quantitative estimate of drug-likeness (QED) is 0.182. The molecule has 0 bridgehead atoms. The van der Waals surface area contributed by atoms with Gasteiger partial charge in [0.05, 0.1) is 15.7 Å². The van der Waals surface area contributed by atoms with Gasteiger partial charge in [0.25, 0.3) is 0 Å². The van der Waals surface area contributed by atoms with Crippen LogP contribution in [0.3, 0.4) is 0 Å². The SMILES string of the molecule is c1ccc(-c2nc(-c3ccc4ccccc4c3)nc(-c3cccc4oc5cc(-n6c7ccccc7c7ccc8c9ccccc9sc8c76)ccc5c34)n2)cc1. The van der Waals surface area contributed by atoms with Crippen molar-refractivity contribution >= 4 is 86.0 Å². The van der Waals surface area contributed by atoms with Crippen LogP contribution >= 0.6 is 11.3 Å². The zero-order valence-electron chi connectivity index (χ0n) is 29.3.